The van der Waals surface area contributed by atoms with Gasteiger partial charge in [0.15, 0.2) is 11.6 Å². The monoisotopic (exact) mass is 267 g/mol. The summed E-state index contributed by atoms with van der Waals surface area (Å²) >= 11 is 1.33. The number of carbonyl (C=O) groups excluding carboxylic acids is 1. The maximum absolute atomic E-state index is 13.1. The second-order valence-electron chi connectivity index (χ2n) is 3.85. The van der Waals surface area contributed by atoms with Crippen molar-refractivity contribution in [2.24, 2.45) is 0 Å². The number of nitrogens with one attached hydrogen (secondary N) is 1. The Morgan fingerprint density at radius 3 is 2.67 bits per heavy atom. The molecule has 0 aliphatic heterocycles. The van der Waals surface area contributed by atoms with Gasteiger partial charge in [0.05, 0.1) is 10.9 Å². The van der Waals surface area contributed by atoms with Gasteiger partial charge in [0, 0.05) is 0 Å². The van der Waals surface area contributed by atoms with Crippen molar-refractivity contribution in [3.05, 3.63) is 57.8 Å². The minimum atomic E-state index is -0.912. The Labute approximate surface area is 107 Å². The van der Waals surface area contributed by atoms with E-state index in [1.807, 2.05) is 0 Å². The standard InChI is InChI=1S/C13H11F2NOS/c1-8(9-4-5-10(14)11(15)7-9)16-13(17)12-3-2-6-18-12/h2-8H,1H3,(H,16,17)/t8-/m1/s1. The first kappa shape index (κ1) is 12.7. The molecule has 0 fully saturated rings. The van der Waals surface area contributed by atoms with E-state index in [1.165, 1.54) is 17.4 Å². The van der Waals surface area contributed by atoms with Gasteiger partial charge in [-0.3, -0.25) is 4.79 Å². The van der Waals surface area contributed by atoms with E-state index >= 15 is 0 Å². The molecule has 1 amide bonds. The molecule has 1 atom stereocenters. The van der Waals surface area contributed by atoms with Gasteiger partial charge < -0.3 is 5.32 Å². The fourth-order valence-electron chi connectivity index (χ4n) is 1.54. The molecule has 1 aromatic heterocycles. The average molecular weight is 267 g/mol. The first-order valence-corrected chi connectivity index (χ1v) is 6.25. The predicted octanol–water partition coefficient (Wildman–Crippen LogP) is 3.52. The minimum Gasteiger partial charge on any atom is -0.345 e. The smallest absolute Gasteiger partial charge is 0.261 e. The molecule has 0 saturated heterocycles. The Morgan fingerprint density at radius 1 is 1.28 bits per heavy atom. The topological polar surface area (TPSA) is 29.1 Å². The van der Waals surface area contributed by atoms with Crippen LogP contribution in [0.15, 0.2) is 35.7 Å². The van der Waals surface area contributed by atoms with Gasteiger partial charge in [-0.2, -0.15) is 0 Å². The van der Waals surface area contributed by atoms with Crippen LogP contribution in [0.4, 0.5) is 8.78 Å². The van der Waals surface area contributed by atoms with Crippen LogP contribution >= 0.6 is 11.3 Å². The van der Waals surface area contributed by atoms with Gasteiger partial charge >= 0.3 is 0 Å². The molecule has 1 aromatic carbocycles. The predicted molar refractivity (Wildman–Crippen MR) is 66.6 cm³/mol. The molecule has 1 N–H and O–H groups in total. The van der Waals surface area contributed by atoms with Gasteiger partial charge in [0.2, 0.25) is 0 Å². The molecule has 0 spiro atoms. The molecule has 5 heteroatoms. The zero-order chi connectivity index (χ0) is 13.1. The summed E-state index contributed by atoms with van der Waals surface area (Å²) < 4.78 is 25.9. The van der Waals surface area contributed by atoms with E-state index in [2.05, 4.69) is 5.32 Å². The normalized spacial score (nSPS) is 12.2. The number of hydrogen-bond acceptors (Lipinski definition) is 2. The minimum absolute atomic E-state index is 0.220. The van der Waals surface area contributed by atoms with Gasteiger partial charge in [0.1, 0.15) is 0 Å². The van der Waals surface area contributed by atoms with Crippen LogP contribution in [-0.4, -0.2) is 5.91 Å². The Hall–Kier alpha value is -1.75. The lowest BCUT2D eigenvalue weighted by molar-refractivity contribution is 0.0944. The van der Waals surface area contributed by atoms with Crippen LogP contribution < -0.4 is 5.32 Å². The molecule has 2 rings (SSSR count). The number of thiophene rings is 1. The molecule has 0 unspecified atom stereocenters. The Morgan fingerprint density at radius 2 is 2.06 bits per heavy atom. The summed E-state index contributed by atoms with van der Waals surface area (Å²) in [6.45, 7) is 1.72. The maximum atomic E-state index is 13.1. The van der Waals surface area contributed by atoms with Crippen molar-refractivity contribution in [3.63, 3.8) is 0 Å². The summed E-state index contributed by atoms with van der Waals surface area (Å²) in [6, 6.07) is 6.71. The Kier molecular flexibility index (Phi) is 3.72. The summed E-state index contributed by atoms with van der Waals surface area (Å²) in [6.07, 6.45) is 0. The number of hydrogen-bond donors (Lipinski definition) is 1. The first-order valence-electron chi connectivity index (χ1n) is 5.37. The van der Waals surface area contributed by atoms with E-state index in [9.17, 15) is 13.6 Å². The quantitative estimate of drug-likeness (QED) is 0.905. The van der Waals surface area contributed by atoms with E-state index in [0.29, 0.717) is 10.4 Å². The molecule has 2 aromatic rings. The molecule has 2 nitrogen and oxygen atoms in total. The molecular formula is C13H11F2NOS. The van der Waals surface area contributed by atoms with Crippen LogP contribution in [0.2, 0.25) is 0 Å². The van der Waals surface area contributed by atoms with Crippen molar-refractivity contribution in [3.8, 4) is 0 Å². The third-order valence-electron chi connectivity index (χ3n) is 2.54. The summed E-state index contributed by atoms with van der Waals surface area (Å²) in [5.74, 6) is -2.03. The van der Waals surface area contributed by atoms with E-state index in [-0.39, 0.29) is 11.9 Å². The summed E-state index contributed by atoms with van der Waals surface area (Å²) in [4.78, 5) is 12.4. The molecular weight excluding hydrogens is 256 g/mol. The molecule has 0 saturated carbocycles. The van der Waals surface area contributed by atoms with Crippen LogP contribution in [0.5, 0.6) is 0 Å². The molecule has 0 aliphatic rings. The molecule has 0 radical (unpaired) electrons. The summed E-state index contributed by atoms with van der Waals surface area (Å²) in [7, 11) is 0. The second-order valence-corrected chi connectivity index (χ2v) is 4.79. The van der Waals surface area contributed by atoms with Crippen molar-refractivity contribution in [2.45, 2.75) is 13.0 Å². The van der Waals surface area contributed by atoms with Crippen molar-refractivity contribution in [2.75, 3.05) is 0 Å². The van der Waals surface area contributed by atoms with Crippen LogP contribution in [0.1, 0.15) is 28.2 Å². The van der Waals surface area contributed by atoms with Crippen LogP contribution in [0, 0.1) is 11.6 Å². The number of halogens is 2. The fraction of sp³-hybridized carbons (Fsp3) is 0.154. The van der Waals surface area contributed by atoms with Gasteiger partial charge in [-0.1, -0.05) is 12.1 Å². The third-order valence-corrected chi connectivity index (χ3v) is 3.40. The van der Waals surface area contributed by atoms with Gasteiger partial charge in [-0.15, -0.1) is 11.3 Å². The third kappa shape index (κ3) is 2.73. The maximum Gasteiger partial charge on any atom is 0.261 e. The molecule has 94 valence electrons. The molecule has 0 aliphatic carbocycles. The number of amides is 1. The van der Waals surface area contributed by atoms with Crippen LogP contribution in [0.25, 0.3) is 0 Å². The zero-order valence-corrected chi connectivity index (χ0v) is 10.4. The SMILES string of the molecule is C[C@@H](NC(=O)c1cccs1)c1ccc(F)c(F)c1. The number of benzene rings is 1. The highest BCUT2D eigenvalue weighted by molar-refractivity contribution is 7.12. The van der Waals surface area contributed by atoms with Crippen LogP contribution in [0.3, 0.4) is 0 Å². The van der Waals surface area contributed by atoms with Gasteiger partial charge in [0.25, 0.3) is 5.91 Å². The lowest BCUT2D eigenvalue weighted by Gasteiger charge is -2.13. The van der Waals surface area contributed by atoms with E-state index in [4.69, 9.17) is 0 Å². The lowest BCUT2D eigenvalue weighted by Crippen LogP contribution is -2.25. The van der Waals surface area contributed by atoms with Crippen LogP contribution in [-0.2, 0) is 0 Å². The molecule has 18 heavy (non-hydrogen) atoms. The van der Waals surface area contributed by atoms with Crippen molar-refractivity contribution < 1.29 is 13.6 Å². The van der Waals surface area contributed by atoms with E-state index in [1.54, 1.807) is 24.4 Å². The number of carbonyl (C=O) groups is 1. The Bertz CT molecular complexity index is 554. The zero-order valence-electron chi connectivity index (χ0n) is 9.61. The molecule has 0 bridgehead atoms. The van der Waals surface area contributed by atoms with Crippen molar-refractivity contribution >= 4 is 17.2 Å². The van der Waals surface area contributed by atoms with Crippen molar-refractivity contribution in [1.29, 1.82) is 0 Å². The van der Waals surface area contributed by atoms with Gasteiger partial charge in [-0.05, 0) is 36.1 Å². The summed E-state index contributed by atoms with van der Waals surface area (Å²) in [5, 5.41) is 4.53. The fourth-order valence-corrected chi connectivity index (χ4v) is 2.17. The van der Waals surface area contributed by atoms with Gasteiger partial charge in [-0.25, -0.2) is 8.78 Å². The highest BCUT2D eigenvalue weighted by Gasteiger charge is 2.13. The average Bonchev–Trinajstić information content (AvgIpc) is 2.86. The lowest BCUT2D eigenvalue weighted by atomic mass is 10.1. The first-order chi connectivity index (χ1) is 8.58. The van der Waals surface area contributed by atoms with E-state index < -0.39 is 11.6 Å². The second kappa shape index (κ2) is 5.27. The summed E-state index contributed by atoms with van der Waals surface area (Å²) in [5.41, 5.74) is 0.527. The highest BCUT2D eigenvalue weighted by atomic mass is 32.1. The van der Waals surface area contributed by atoms with Crippen molar-refractivity contribution in [1.82, 2.24) is 5.32 Å². The molecule has 1 heterocycles. The van der Waals surface area contributed by atoms with E-state index in [0.717, 1.165) is 12.1 Å². The highest BCUT2D eigenvalue weighted by Crippen LogP contribution is 2.17. The Balaban J connectivity index is 2.10. The largest absolute Gasteiger partial charge is 0.345 e. The number of rotatable bonds is 3.